The van der Waals surface area contributed by atoms with Gasteiger partial charge in [0.05, 0.1) is 5.04 Å². The van der Waals surface area contributed by atoms with Crippen molar-refractivity contribution < 1.29 is 9.13 Å². The Kier molecular flexibility index (Phi) is 4.02. The summed E-state index contributed by atoms with van der Waals surface area (Å²) in [5.74, 6) is 1.63. The Morgan fingerprint density at radius 1 is 1.15 bits per heavy atom. The van der Waals surface area contributed by atoms with E-state index in [2.05, 4.69) is 4.99 Å². The first-order valence-corrected chi connectivity index (χ1v) is 7.45. The molecule has 1 heterocycles. The lowest BCUT2D eigenvalue weighted by atomic mass is 10.2. The first-order chi connectivity index (χ1) is 9.81. The molecule has 0 aromatic heterocycles. The van der Waals surface area contributed by atoms with Gasteiger partial charge in [0, 0.05) is 17.9 Å². The molecule has 20 heavy (non-hydrogen) atoms. The lowest BCUT2D eigenvalue weighted by Crippen LogP contribution is -1.97. The number of hydrogen-bond donors (Lipinski definition) is 0. The van der Waals surface area contributed by atoms with Crippen molar-refractivity contribution in [3.63, 3.8) is 0 Å². The molecule has 2 aromatic rings. The van der Waals surface area contributed by atoms with E-state index in [1.165, 1.54) is 12.1 Å². The van der Waals surface area contributed by atoms with Crippen LogP contribution in [0.2, 0.25) is 0 Å². The Labute approximate surface area is 121 Å². The third-order valence-electron chi connectivity index (χ3n) is 2.99. The minimum atomic E-state index is -0.230. The van der Waals surface area contributed by atoms with E-state index in [1.54, 1.807) is 23.9 Å². The number of benzene rings is 2. The Morgan fingerprint density at radius 3 is 2.75 bits per heavy atom. The summed E-state index contributed by atoms with van der Waals surface area (Å²) in [5.41, 5.74) is 2.05. The van der Waals surface area contributed by atoms with E-state index < -0.39 is 0 Å². The van der Waals surface area contributed by atoms with Crippen LogP contribution >= 0.6 is 11.8 Å². The maximum Gasteiger partial charge on any atom is 0.123 e. The second-order valence-electron chi connectivity index (χ2n) is 4.48. The van der Waals surface area contributed by atoms with Gasteiger partial charge in [-0.1, -0.05) is 24.3 Å². The fraction of sp³-hybridized carbons (Fsp3) is 0.188. The van der Waals surface area contributed by atoms with Crippen LogP contribution in [0.1, 0.15) is 11.1 Å². The van der Waals surface area contributed by atoms with E-state index in [4.69, 9.17) is 4.74 Å². The first kappa shape index (κ1) is 13.2. The molecule has 0 spiro atoms. The van der Waals surface area contributed by atoms with Gasteiger partial charge < -0.3 is 4.74 Å². The van der Waals surface area contributed by atoms with Gasteiger partial charge in [0.1, 0.15) is 18.2 Å². The molecule has 1 aliphatic heterocycles. The van der Waals surface area contributed by atoms with Gasteiger partial charge in [-0.15, -0.1) is 11.8 Å². The third kappa shape index (κ3) is 3.20. The molecule has 0 N–H and O–H groups in total. The van der Waals surface area contributed by atoms with Gasteiger partial charge in [0.25, 0.3) is 0 Å². The highest BCUT2D eigenvalue weighted by atomic mass is 32.2. The summed E-state index contributed by atoms with van der Waals surface area (Å²) >= 11 is 1.77. The van der Waals surface area contributed by atoms with Crippen LogP contribution in [-0.4, -0.2) is 17.3 Å². The molecule has 0 bridgehead atoms. The molecule has 0 fully saturated rings. The van der Waals surface area contributed by atoms with Gasteiger partial charge in [0.2, 0.25) is 0 Å². The zero-order valence-electron chi connectivity index (χ0n) is 10.9. The van der Waals surface area contributed by atoms with Gasteiger partial charge in [-0.3, -0.25) is 4.99 Å². The summed E-state index contributed by atoms with van der Waals surface area (Å²) in [6, 6.07) is 14.3. The Balaban J connectivity index is 1.68. The van der Waals surface area contributed by atoms with E-state index in [9.17, 15) is 4.39 Å². The molecule has 4 heteroatoms. The molecule has 0 saturated heterocycles. The second kappa shape index (κ2) is 6.09. The molecule has 0 atom stereocenters. The highest BCUT2D eigenvalue weighted by Crippen LogP contribution is 2.23. The van der Waals surface area contributed by atoms with Gasteiger partial charge in [-0.25, -0.2) is 4.39 Å². The van der Waals surface area contributed by atoms with Gasteiger partial charge in [-0.05, 0) is 29.8 Å². The van der Waals surface area contributed by atoms with Crippen LogP contribution in [0.3, 0.4) is 0 Å². The molecule has 1 aliphatic rings. The van der Waals surface area contributed by atoms with E-state index >= 15 is 0 Å². The van der Waals surface area contributed by atoms with E-state index in [0.717, 1.165) is 34.2 Å². The molecule has 3 rings (SSSR count). The van der Waals surface area contributed by atoms with Crippen molar-refractivity contribution in [1.82, 2.24) is 0 Å². The number of rotatable bonds is 4. The van der Waals surface area contributed by atoms with Crippen LogP contribution < -0.4 is 4.74 Å². The zero-order valence-corrected chi connectivity index (χ0v) is 11.7. The number of nitrogens with zero attached hydrogens (tertiary/aromatic N) is 1. The average Bonchev–Trinajstić information content (AvgIpc) is 3.01. The van der Waals surface area contributed by atoms with Crippen molar-refractivity contribution in [1.29, 1.82) is 0 Å². The zero-order chi connectivity index (χ0) is 13.8. The minimum Gasteiger partial charge on any atom is -0.489 e. The van der Waals surface area contributed by atoms with Crippen molar-refractivity contribution in [3.8, 4) is 5.75 Å². The number of hydrogen-bond acceptors (Lipinski definition) is 3. The summed E-state index contributed by atoms with van der Waals surface area (Å²) in [7, 11) is 0. The van der Waals surface area contributed by atoms with Crippen LogP contribution in [0.5, 0.6) is 5.75 Å². The summed E-state index contributed by atoms with van der Waals surface area (Å²) < 4.78 is 18.6. The molecule has 2 aromatic carbocycles. The lowest BCUT2D eigenvalue weighted by molar-refractivity contribution is 0.306. The lowest BCUT2D eigenvalue weighted by Gasteiger charge is -2.08. The van der Waals surface area contributed by atoms with Crippen molar-refractivity contribution in [2.24, 2.45) is 4.99 Å². The quantitative estimate of drug-likeness (QED) is 0.850. The van der Waals surface area contributed by atoms with Crippen molar-refractivity contribution in [3.05, 3.63) is 65.5 Å². The smallest absolute Gasteiger partial charge is 0.123 e. The van der Waals surface area contributed by atoms with Crippen LogP contribution in [0.4, 0.5) is 4.39 Å². The molecule has 0 unspecified atom stereocenters. The highest BCUT2D eigenvalue weighted by Gasteiger charge is 2.10. The third-order valence-corrected chi connectivity index (χ3v) is 4.01. The van der Waals surface area contributed by atoms with Gasteiger partial charge in [-0.2, -0.15) is 0 Å². The summed E-state index contributed by atoms with van der Waals surface area (Å²) in [6.45, 7) is 1.32. The van der Waals surface area contributed by atoms with Crippen LogP contribution in [0.25, 0.3) is 0 Å². The fourth-order valence-electron chi connectivity index (χ4n) is 1.98. The molecule has 2 nitrogen and oxygen atoms in total. The first-order valence-electron chi connectivity index (χ1n) is 6.46. The topological polar surface area (TPSA) is 21.6 Å². The number of aliphatic imine (C=N–C) groups is 1. The molecule has 0 radical (unpaired) electrons. The summed E-state index contributed by atoms with van der Waals surface area (Å²) in [6.07, 6.45) is 0. The van der Waals surface area contributed by atoms with Crippen LogP contribution in [-0.2, 0) is 6.61 Å². The standard InChI is InChI=1S/C16H14FNOS/c17-14-6-4-12(5-7-14)11-19-15-3-1-2-13(10-15)16-18-8-9-20-16/h1-7,10H,8-9,11H2. The van der Waals surface area contributed by atoms with E-state index in [-0.39, 0.29) is 5.82 Å². The van der Waals surface area contributed by atoms with Crippen molar-refractivity contribution >= 4 is 16.8 Å². The largest absolute Gasteiger partial charge is 0.489 e. The number of halogens is 1. The maximum atomic E-state index is 12.8. The Morgan fingerprint density at radius 2 is 2.00 bits per heavy atom. The van der Waals surface area contributed by atoms with E-state index in [1.807, 2.05) is 24.3 Å². The SMILES string of the molecule is Fc1ccc(COc2cccc(C3=NCCS3)c2)cc1. The molecular formula is C16H14FNOS. The monoisotopic (exact) mass is 287 g/mol. The molecule has 0 amide bonds. The molecular weight excluding hydrogens is 273 g/mol. The summed E-state index contributed by atoms with van der Waals surface area (Å²) in [5, 5.41) is 1.08. The predicted octanol–water partition coefficient (Wildman–Crippen LogP) is 3.90. The van der Waals surface area contributed by atoms with Gasteiger partial charge >= 0.3 is 0 Å². The Bertz CT molecular complexity index is 625. The highest BCUT2D eigenvalue weighted by molar-refractivity contribution is 8.14. The Hall–Kier alpha value is -1.81. The second-order valence-corrected chi connectivity index (χ2v) is 5.56. The fourth-order valence-corrected chi connectivity index (χ4v) is 2.83. The van der Waals surface area contributed by atoms with Crippen molar-refractivity contribution in [2.75, 3.05) is 12.3 Å². The molecule has 0 saturated carbocycles. The van der Waals surface area contributed by atoms with Crippen molar-refractivity contribution in [2.45, 2.75) is 6.61 Å². The molecule has 102 valence electrons. The normalized spacial score (nSPS) is 14.2. The molecule has 0 aliphatic carbocycles. The van der Waals surface area contributed by atoms with Crippen LogP contribution in [0.15, 0.2) is 53.5 Å². The van der Waals surface area contributed by atoms with Crippen LogP contribution in [0, 0.1) is 5.82 Å². The van der Waals surface area contributed by atoms with Gasteiger partial charge in [0.15, 0.2) is 0 Å². The minimum absolute atomic E-state index is 0.230. The average molecular weight is 287 g/mol. The number of ether oxygens (including phenoxy) is 1. The predicted molar refractivity (Wildman–Crippen MR) is 81.0 cm³/mol. The van der Waals surface area contributed by atoms with E-state index in [0.29, 0.717) is 6.61 Å². The number of thioether (sulfide) groups is 1. The maximum absolute atomic E-state index is 12.8. The summed E-state index contributed by atoms with van der Waals surface area (Å²) in [4.78, 5) is 4.46.